The van der Waals surface area contributed by atoms with Gasteiger partial charge in [-0.05, 0) is 112 Å². The molecule has 4 aliphatic rings. The van der Waals surface area contributed by atoms with E-state index in [2.05, 4.69) is 55.0 Å². The molecule has 4 amide bonds. The van der Waals surface area contributed by atoms with Crippen LogP contribution in [0.15, 0.2) is 146 Å². The Morgan fingerprint density at radius 1 is 0.484 bits per heavy atom. The Morgan fingerprint density at radius 2 is 0.791 bits per heavy atom. The minimum Gasteiger partial charge on any atom is -0.478 e. The number of likely N-dealkylation sites (N-methyl/N-ethyl adjacent to an activating group) is 4. The molecule has 6 aromatic carbocycles. The molecule has 0 bridgehead atoms. The minimum absolute atomic E-state index is 0. The largest absolute Gasteiger partial charge is 0.478 e. The topological polar surface area (TPSA) is 351 Å². The van der Waals surface area contributed by atoms with Crippen molar-refractivity contribution in [2.45, 2.75) is 13.8 Å². The highest BCUT2D eigenvalue weighted by Crippen LogP contribution is 2.40. The van der Waals surface area contributed by atoms with Crippen molar-refractivity contribution in [1.29, 1.82) is 0 Å². The van der Waals surface area contributed by atoms with E-state index in [-0.39, 0.29) is 51.7 Å². The number of benzene rings is 6. The molecule has 4 aliphatic heterocycles. The Morgan fingerprint density at radius 3 is 1.08 bits per heavy atom. The lowest BCUT2D eigenvalue weighted by molar-refractivity contribution is -0.120. The second kappa shape index (κ2) is 32.0. The van der Waals surface area contributed by atoms with Crippen molar-refractivity contribution in [3.05, 3.63) is 179 Å². The number of carbonyl (C=O) groups excluding carboxylic acids is 4. The number of hydrogen-bond donors (Lipinski definition) is 8. The van der Waals surface area contributed by atoms with E-state index >= 15 is 0 Å². The summed E-state index contributed by atoms with van der Waals surface area (Å²) in [4.78, 5) is 87.1. The van der Waals surface area contributed by atoms with Gasteiger partial charge in [-0.1, -0.05) is 72.8 Å². The van der Waals surface area contributed by atoms with Gasteiger partial charge in [-0.15, -0.1) is 0 Å². The van der Waals surface area contributed by atoms with E-state index in [1.807, 2.05) is 109 Å². The molecule has 6 aromatic rings. The number of fused-ring (bicyclic) bond motifs is 2. The van der Waals surface area contributed by atoms with Gasteiger partial charge in [-0.2, -0.15) is 16.8 Å². The van der Waals surface area contributed by atoms with E-state index in [0.29, 0.717) is 58.1 Å². The third-order valence-electron chi connectivity index (χ3n) is 15.1. The standard InChI is InChI=1S/2C30H31N5O4.2C2H6O3S.H2O/c2*1-33-14-16-35(17-15-33)19-26(36)34(2)23-11-9-22(10-12-23)31-28(20-6-4-3-5-7-20)27-24-13-8-21(30(38)39)18-25(24)32-29(27)37;2*1-2-6(3,4)5;/h2*3-13,18,31H,14-17,19H2,1-2H3,(H,32,37)(H,38,39);2*2H2,1H3,(H,3,4,5);1H2/b28-27-;;;;. The molecule has 0 aliphatic carbocycles. The van der Waals surface area contributed by atoms with Crippen LogP contribution in [-0.4, -0.2) is 202 Å². The van der Waals surface area contributed by atoms with Crippen LogP contribution in [0.2, 0.25) is 0 Å². The molecular formula is C64H76N10O15S2. The summed E-state index contributed by atoms with van der Waals surface area (Å²) in [5.74, 6) is -3.08. The molecule has 10 rings (SSSR count). The number of rotatable bonds is 16. The van der Waals surface area contributed by atoms with Crippen molar-refractivity contribution in [2.75, 3.05) is 136 Å². The van der Waals surface area contributed by atoms with Crippen LogP contribution < -0.4 is 31.1 Å². The summed E-state index contributed by atoms with van der Waals surface area (Å²) in [7, 11) is 0.419. The van der Waals surface area contributed by atoms with Crippen LogP contribution >= 0.6 is 0 Å². The smallest absolute Gasteiger partial charge is 0.335 e. The SMILES string of the molecule is CCS(=O)(=O)O.CCS(=O)(=O)O.CN1CCN(CC(=O)N(C)c2ccc(N/C(=C3\C(=O)Nc4cc(C(=O)O)ccc43)c3ccccc3)cc2)CC1.CN1CCN(CC(=O)N(C)c2ccc(NC(=C3C(=O)Nc4cc(C(=O)O)ccc43)c3ccccc3)cc2)CC1.O. The van der Waals surface area contributed by atoms with Crippen LogP contribution in [0.4, 0.5) is 34.1 Å². The Hall–Kier alpha value is -9.16. The molecule has 27 heteroatoms. The van der Waals surface area contributed by atoms with Gasteiger partial charge in [-0.25, -0.2) is 9.59 Å². The van der Waals surface area contributed by atoms with Crippen molar-refractivity contribution in [2.24, 2.45) is 0 Å². The molecule has 25 nitrogen and oxygen atoms in total. The van der Waals surface area contributed by atoms with Crippen LogP contribution in [-0.2, 0) is 39.4 Å². The molecule has 0 radical (unpaired) electrons. The number of nitrogens with zero attached hydrogens (tertiary/aromatic N) is 6. The first-order valence-corrected chi connectivity index (χ1v) is 31.9. The fourth-order valence-corrected chi connectivity index (χ4v) is 9.60. The maximum Gasteiger partial charge on any atom is 0.335 e. The van der Waals surface area contributed by atoms with Crippen LogP contribution in [0.5, 0.6) is 0 Å². The van der Waals surface area contributed by atoms with Crippen molar-refractivity contribution in [3.8, 4) is 0 Å². The van der Waals surface area contributed by atoms with Crippen molar-refractivity contribution >= 4 is 112 Å². The number of carboxylic acid groups (broad SMARTS) is 2. The third-order valence-corrected chi connectivity index (χ3v) is 16.5. The molecule has 2 fully saturated rings. The normalized spacial score (nSPS) is 16.0. The molecule has 4 heterocycles. The fraction of sp³-hybridized carbons (Fsp3) is 0.281. The quantitative estimate of drug-likeness (QED) is 0.0406. The highest BCUT2D eigenvalue weighted by atomic mass is 32.2. The molecule has 0 spiro atoms. The average Bonchev–Trinajstić information content (AvgIpc) is 1.71. The van der Waals surface area contributed by atoms with Crippen molar-refractivity contribution < 1.29 is 70.4 Å². The summed E-state index contributed by atoms with van der Waals surface area (Å²) in [6.07, 6.45) is 0. The van der Waals surface area contributed by atoms with E-state index in [1.54, 1.807) is 36.0 Å². The van der Waals surface area contributed by atoms with Gasteiger partial charge in [0.2, 0.25) is 11.8 Å². The van der Waals surface area contributed by atoms with Crippen LogP contribution in [0.1, 0.15) is 56.8 Å². The fourth-order valence-electron chi connectivity index (χ4n) is 9.60. The summed E-state index contributed by atoms with van der Waals surface area (Å²) in [6, 6.07) is 43.2. The summed E-state index contributed by atoms with van der Waals surface area (Å²) in [5.41, 5.74) is 9.09. The third kappa shape index (κ3) is 19.9. The lowest BCUT2D eigenvalue weighted by Crippen LogP contribution is -2.48. The zero-order chi connectivity index (χ0) is 65.5. The first-order valence-electron chi connectivity index (χ1n) is 28.7. The average molecular weight is 1290 g/mol. The van der Waals surface area contributed by atoms with Gasteiger partial charge in [0, 0.05) is 100 Å². The van der Waals surface area contributed by atoms with Gasteiger partial charge in [0.1, 0.15) is 0 Å². The van der Waals surface area contributed by atoms with E-state index in [4.69, 9.17) is 9.11 Å². The molecule has 2 saturated heterocycles. The predicted octanol–water partition coefficient (Wildman–Crippen LogP) is 6.02. The molecule has 0 unspecified atom stereocenters. The van der Waals surface area contributed by atoms with Crippen molar-refractivity contribution in [1.82, 2.24) is 19.6 Å². The Bertz CT molecular complexity index is 3620. The molecular weight excluding hydrogens is 1210 g/mol. The zero-order valence-corrected chi connectivity index (χ0v) is 52.8. The Labute approximate surface area is 529 Å². The van der Waals surface area contributed by atoms with E-state index in [0.717, 1.165) is 86.2 Å². The summed E-state index contributed by atoms with van der Waals surface area (Å²) in [5, 5.41) is 31.1. The maximum absolute atomic E-state index is 13.1. The number of anilines is 6. The number of carboxylic acids is 2. The van der Waals surface area contributed by atoms with E-state index < -0.39 is 32.2 Å². The van der Waals surface area contributed by atoms with Crippen LogP contribution in [0.3, 0.4) is 0 Å². The highest BCUT2D eigenvalue weighted by molar-refractivity contribution is 7.85. The summed E-state index contributed by atoms with van der Waals surface area (Å²) in [6.45, 7) is 10.9. The second-order valence-electron chi connectivity index (χ2n) is 21.4. The lowest BCUT2D eigenvalue weighted by Gasteiger charge is -2.32. The van der Waals surface area contributed by atoms with Crippen LogP contribution in [0, 0.1) is 0 Å². The molecule has 10 N–H and O–H groups in total. The molecule has 484 valence electrons. The van der Waals surface area contributed by atoms with Gasteiger partial charge >= 0.3 is 11.9 Å². The first-order chi connectivity index (χ1) is 42.7. The monoisotopic (exact) mass is 1290 g/mol. The molecule has 0 atom stereocenters. The Balaban J connectivity index is 0.000000243. The number of aromatic carboxylic acids is 2. The number of nitrogens with one attached hydrogen (secondary N) is 4. The van der Waals surface area contributed by atoms with E-state index in [1.165, 1.54) is 38.1 Å². The summed E-state index contributed by atoms with van der Waals surface area (Å²) < 4.78 is 53.8. The molecule has 0 saturated carbocycles. The lowest BCUT2D eigenvalue weighted by atomic mass is 9.99. The maximum atomic E-state index is 13.1. The summed E-state index contributed by atoms with van der Waals surface area (Å²) >= 11 is 0. The number of carbonyl (C=O) groups is 6. The Kier molecular flexibility index (Phi) is 25.0. The van der Waals surface area contributed by atoms with E-state index in [9.17, 15) is 55.8 Å². The van der Waals surface area contributed by atoms with Gasteiger partial charge in [0.25, 0.3) is 32.1 Å². The zero-order valence-electron chi connectivity index (χ0n) is 51.2. The number of amides is 4. The number of hydrogen-bond acceptors (Lipinski definition) is 16. The minimum atomic E-state index is -3.66. The highest BCUT2D eigenvalue weighted by Gasteiger charge is 2.31. The predicted molar refractivity (Wildman–Crippen MR) is 353 cm³/mol. The molecule has 91 heavy (non-hydrogen) atoms. The first kappa shape index (κ1) is 70.9. The van der Waals surface area contributed by atoms with Crippen LogP contribution in [0.25, 0.3) is 22.5 Å². The second-order valence-corrected chi connectivity index (χ2v) is 24.9. The van der Waals surface area contributed by atoms with Gasteiger partial charge in [-0.3, -0.25) is 38.1 Å². The van der Waals surface area contributed by atoms with Crippen molar-refractivity contribution in [3.63, 3.8) is 0 Å². The van der Waals surface area contributed by atoms with Gasteiger partial charge in [0.05, 0.1) is 69.6 Å². The number of piperazine rings is 2. The van der Waals surface area contributed by atoms with Gasteiger partial charge in [0.15, 0.2) is 0 Å². The molecule has 0 aromatic heterocycles. The van der Waals surface area contributed by atoms with Gasteiger partial charge < -0.3 is 56.6 Å².